The number of nitrogens with two attached hydrogens (primary N) is 1. The summed E-state index contributed by atoms with van der Waals surface area (Å²) in [6, 6.07) is 5.72. The molecule has 3 N–H and O–H groups in total. The number of ether oxygens (including phenoxy) is 1. The highest BCUT2D eigenvalue weighted by atomic mass is 32.2. The molecule has 9 heteroatoms. The van der Waals surface area contributed by atoms with Gasteiger partial charge in [0, 0.05) is 22.4 Å². The highest BCUT2D eigenvalue weighted by Gasteiger charge is 2.33. The lowest BCUT2D eigenvalue weighted by atomic mass is 9.88. The lowest BCUT2D eigenvalue weighted by Crippen LogP contribution is -2.29. The first-order chi connectivity index (χ1) is 14.4. The molecule has 0 unspecified atom stereocenters. The van der Waals surface area contributed by atoms with E-state index in [0.717, 1.165) is 34.5 Å². The van der Waals surface area contributed by atoms with Gasteiger partial charge in [0.2, 0.25) is 5.88 Å². The van der Waals surface area contributed by atoms with Crippen molar-refractivity contribution in [3.05, 3.63) is 47.6 Å². The molecule has 4 rings (SSSR count). The highest BCUT2D eigenvalue weighted by Crippen LogP contribution is 2.41. The van der Waals surface area contributed by atoms with Crippen molar-refractivity contribution in [1.82, 2.24) is 9.97 Å². The molecule has 1 amide bonds. The molecule has 0 fully saturated rings. The fourth-order valence-corrected chi connectivity index (χ4v) is 4.46. The van der Waals surface area contributed by atoms with E-state index in [2.05, 4.69) is 15.3 Å². The quantitative estimate of drug-likeness (QED) is 0.638. The van der Waals surface area contributed by atoms with Crippen LogP contribution in [0.25, 0.3) is 11.0 Å². The minimum Gasteiger partial charge on any atom is -0.477 e. The number of furan rings is 1. The van der Waals surface area contributed by atoms with Crippen molar-refractivity contribution in [3.63, 3.8) is 0 Å². The van der Waals surface area contributed by atoms with Crippen LogP contribution in [0.5, 0.6) is 5.88 Å². The average Bonchev–Trinajstić information content (AvgIpc) is 3.08. The maximum absolute atomic E-state index is 12.7. The van der Waals surface area contributed by atoms with Crippen molar-refractivity contribution in [3.8, 4) is 5.88 Å². The molecule has 1 aliphatic heterocycles. The van der Waals surface area contributed by atoms with Gasteiger partial charge in [0.1, 0.15) is 17.0 Å². The number of amidine groups is 1. The van der Waals surface area contributed by atoms with Crippen LogP contribution in [0.2, 0.25) is 0 Å². The van der Waals surface area contributed by atoms with Gasteiger partial charge in [-0.1, -0.05) is 11.8 Å². The monoisotopic (exact) mass is 425 g/mol. The van der Waals surface area contributed by atoms with Crippen LogP contribution in [-0.2, 0) is 5.54 Å². The first-order valence-electron chi connectivity index (χ1n) is 9.67. The first-order valence-corrected chi connectivity index (χ1v) is 10.7. The largest absolute Gasteiger partial charge is 0.477 e. The van der Waals surface area contributed by atoms with E-state index in [1.54, 1.807) is 11.8 Å². The standard InChI is InChI=1S/C21H23N5O3S/c1-4-28-17-11-23-16(10-24-17)19(27)25-14-8-13-7-12(2)29-18(13)15(9-14)21(3)5-6-30-20(22)26-21/h7-11H,4-6H2,1-3H3,(H2,22,26)(H,25,27)/t21-/m0/s1. The van der Waals surface area contributed by atoms with Crippen molar-refractivity contribution in [2.24, 2.45) is 10.7 Å². The van der Waals surface area contributed by atoms with Crippen molar-refractivity contribution in [2.75, 3.05) is 17.7 Å². The summed E-state index contributed by atoms with van der Waals surface area (Å²) < 4.78 is 11.2. The summed E-state index contributed by atoms with van der Waals surface area (Å²) in [4.78, 5) is 25.6. The SMILES string of the molecule is CCOc1cnc(C(=O)Nc2cc([C@]3(C)CCSC(N)=N3)c3oc(C)cc3c2)cn1. The van der Waals surface area contributed by atoms with E-state index in [-0.39, 0.29) is 11.6 Å². The second kappa shape index (κ2) is 7.98. The number of nitrogens with one attached hydrogen (secondary N) is 1. The Morgan fingerprint density at radius 2 is 2.17 bits per heavy atom. The molecule has 30 heavy (non-hydrogen) atoms. The molecule has 8 nitrogen and oxygen atoms in total. The van der Waals surface area contributed by atoms with Crippen molar-refractivity contribution < 1.29 is 13.9 Å². The Bertz CT molecular complexity index is 1130. The van der Waals surface area contributed by atoms with Crippen LogP contribution in [0.15, 0.2) is 40.0 Å². The van der Waals surface area contributed by atoms with Gasteiger partial charge < -0.3 is 20.2 Å². The predicted molar refractivity (Wildman–Crippen MR) is 118 cm³/mol. The second-order valence-electron chi connectivity index (χ2n) is 7.25. The maximum atomic E-state index is 12.7. The molecule has 3 heterocycles. The third-order valence-electron chi connectivity index (χ3n) is 4.93. The van der Waals surface area contributed by atoms with Gasteiger partial charge in [0.15, 0.2) is 5.17 Å². The summed E-state index contributed by atoms with van der Waals surface area (Å²) in [7, 11) is 0. The summed E-state index contributed by atoms with van der Waals surface area (Å²) in [6.45, 7) is 6.28. The number of hydrogen-bond acceptors (Lipinski definition) is 8. The Morgan fingerprint density at radius 1 is 1.33 bits per heavy atom. The molecule has 0 aliphatic carbocycles. The number of aryl methyl sites for hydroxylation is 1. The van der Waals surface area contributed by atoms with Gasteiger partial charge in [-0.15, -0.1) is 0 Å². The normalized spacial score (nSPS) is 18.8. The van der Waals surface area contributed by atoms with Crippen LogP contribution in [-0.4, -0.2) is 33.4 Å². The Labute approximate surface area is 178 Å². The van der Waals surface area contributed by atoms with Gasteiger partial charge in [0.25, 0.3) is 5.91 Å². The van der Waals surface area contributed by atoms with Gasteiger partial charge in [-0.2, -0.15) is 0 Å². The van der Waals surface area contributed by atoms with E-state index in [9.17, 15) is 4.79 Å². The maximum Gasteiger partial charge on any atom is 0.275 e. The summed E-state index contributed by atoms with van der Waals surface area (Å²) >= 11 is 1.54. The van der Waals surface area contributed by atoms with Crippen LogP contribution in [0.1, 0.15) is 42.1 Å². The number of aromatic nitrogens is 2. The van der Waals surface area contributed by atoms with E-state index < -0.39 is 5.54 Å². The predicted octanol–water partition coefficient (Wildman–Crippen LogP) is 3.85. The minimum absolute atomic E-state index is 0.200. The fourth-order valence-electron chi connectivity index (χ4n) is 3.49. The molecule has 1 aromatic carbocycles. The molecule has 0 bridgehead atoms. The summed E-state index contributed by atoms with van der Waals surface area (Å²) in [5.41, 5.74) is 7.97. The Balaban J connectivity index is 1.69. The Morgan fingerprint density at radius 3 is 2.87 bits per heavy atom. The number of carbonyl (C=O) groups excluding carboxylic acids is 1. The van der Waals surface area contributed by atoms with Crippen LogP contribution in [0, 0.1) is 6.92 Å². The molecular weight excluding hydrogens is 402 g/mol. The van der Waals surface area contributed by atoms with Crippen LogP contribution in [0.3, 0.4) is 0 Å². The topological polar surface area (TPSA) is 116 Å². The zero-order valence-electron chi connectivity index (χ0n) is 17.1. The number of anilines is 1. The van der Waals surface area contributed by atoms with Gasteiger partial charge >= 0.3 is 0 Å². The number of thioether (sulfide) groups is 1. The smallest absolute Gasteiger partial charge is 0.275 e. The van der Waals surface area contributed by atoms with Gasteiger partial charge in [0.05, 0.1) is 24.5 Å². The summed E-state index contributed by atoms with van der Waals surface area (Å²) in [5.74, 6) is 1.68. The number of aliphatic imine (C=N–C) groups is 1. The van der Waals surface area contributed by atoms with Crippen molar-refractivity contribution in [2.45, 2.75) is 32.7 Å². The number of rotatable bonds is 5. The molecule has 0 saturated heterocycles. The van der Waals surface area contributed by atoms with Crippen molar-refractivity contribution >= 4 is 39.5 Å². The van der Waals surface area contributed by atoms with Gasteiger partial charge in [-0.3, -0.25) is 9.79 Å². The fraction of sp³-hybridized carbons (Fsp3) is 0.333. The van der Waals surface area contributed by atoms with E-state index in [1.165, 1.54) is 12.4 Å². The number of nitrogens with zero attached hydrogens (tertiary/aromatic N) is 3. The molecule has 0 saturated carbocycles. The lowest BCUT2D eigenvalue weighted by Gasteiger charge is -2.30. The molecule has 0 spiro atoms. The van der Waals surface area contributed by atoms with E-state index in [0.29, 0.717) is 23.3 Å². The first kappa shape index (κ1) is 20.2. The zero-order chi connectivity index (χ0) is 21.3. The molecule has 156 valence electrons. The minimum atomic E-state index is -0.530. The third kappa shape index (κ3) is 3.97. The van der Waals surface area contributed by atoms with Gasteiger partial charge in [-0.25, -0.2) is 9.97 Å². The molecule has 3 aromatic rings. The van der Waals surface area contributed by atoms with Crippen LogP contribution < -0.4 is 15.8 Å². The Kier molecular flexibility index (Phi) is 5.38. The number of fused-ring (bicyclic) bond motifs is 1. The molecule has 1 aliphatic rings. The average molecular weight is 426 g/mol. The number of amides is 1. The van der Waals surface area contributed by atoms with E-state index in [4.69, 9.17) is 19.9 Å². The number of carbonyl (C=O) groups is 1. The van der Waals surface area contributed by atoms with E-state index >= 15 is 0 Å². The zero-order valence-corrected chi connectivity index (χ0v) is 17.9. The summed E-state index contributed by atoms with van der Waals surface area (Å²) in [5, 5.41) is 4.36. The molecule has 2 aromatic heterocycles. The molecule has 1 atom stereocenters. The molecular formula is C21H23N5O3S. The second-order valence-corrected chi connectivity index (χ2v) is 8.36. The van der Waals surface area contributed by atoms with E-state index in [1.807, 2.05) is 39.0 Å². The molecule has 0 radical (unpaired) electrons. The third-order valence-corrected chi connectivity index (χ3v) is 5.72. The number of benzene rings is 1. The number of hydrogen-bond donors (Lipinski definition) is 2. The lowest BCUT2D eigenvalue weighted by molar-refractivity contribution is 0.102. The Hall–Kier alpha value is -3.07. The van der Waals surface area contributed by atoms with Crippen LogP contribution >= 0.6 is 11.8 Å². The van der Waals surface area contributed by atoms with Crippen LogP contribution in [0.4, 0.5) is 5.69 Å². The van der Waals surface area contributed by atoms with Crippen molar-refractivity contribution in [1.29, 1.82) is 0 Å². The summed E-state index contributed by atoms with van der Waals surface area (Å²) in [6.07, 6.45) is 3.64. The van der Waals surface area contributed by atoms with Gasteiger partial charge in [-0.05, 0) is 45.4 Å². The highest BCUT2D eigenvalue weighted by molar-refractivity contribution is 8.13.